The van der Waals surface area contributed by atoms with Crippen molar-refractivity contribution in [2.75, 3.05) is 17.8 Å². The number of halogens is 1. The maximum atomic E-state index is 12.4. The SMILES string of the molecule is CSCCn1c(=NC(=O)CS(=O)(=O)c2ccccc2)sc2cc(Cl)ccc21. The lowest BCUT2D eigenvalue weighted by Gasteiger charge is -2.04. The minimum Gasteiger partial charge on any atom is -0.316 e. The molecule has 0 radical (unpaired) electrons. The Morgan fingerprint density at radius 1 is 1.22 bits per heavy atom. The fourth-order valence-electron chi connectivity index (χ4n) is 2.54. The molecule has 0 aliphatic rings. The second-order valence-corrected chi connectivity index (χ2v) is 10.1. The third kappa shape index (κ3) is 4.82. The number of sulfone groups is 1. The van der Waals surface area contributed by atoms with E-state index in [1.807, 2.05) is 23.0 Å². The van der Waals surface area contributed by atoms with Gasteiger partial charge in [0, 0.05) is 17.3 Å². The largest absolute Gasteiger partial charge is 0.316 e. The third-order valence-electron chi connectivity index (χ3n) is 3.80. The molecule has 0 fully saturated rings. The number of fused-ring (bicyclic) bond motifs is 1. The number of hydrogen-bond donors (Lipinski definition) is 0. The van der Waals surface area contributed by atoms with Gasteiger partial charge in [-0.2, -0.15) is 16.8 Å². The average molecular weight is 441 g/mol. The Balaban J connectivity index is 1.98. The summed E-state index contributed by atoms with van der Waals surface area (Å²) in [4.78, 5) is 17.1. The molecule has 0 unspecified atom stereocenters. The number of carbonyl (C=O) groups excluding carboxylic acids is 1. The molecule has 0 atom stereocenters. The van der Waals surface area contributed by atoms with Crippen molar-refractivity contribution in [2.45, 2.75) is 11.4 Å². The Hall–Kier alpha value is -1.61. The van der Waals surface area contributed by atoms with Gasteiger partial charge in [0.1, 0.15) is 5.75 Å². The molecule has 1 heterocycles. The lowest BCUT2D eigenvalue weighted by atomic mass is 10.3. The van der Waals surface area contributed by atoms with E-state index in [9.17, 15) is 13.2 Å². The molecule has 27 heavy (non-hydrogen) atoms. The van der Waals surface area contributed by atoms with E-state index in [-0.39, 0.29) is 4.90 Å². The summed E-state index contributed by atoms with van der Waals surface area (Å²) in [5.74, 6) is -0.499. The highest BCUT2D eigenvalue weighted by Gasteiger charge is 2.19. The van der Waals surface area contributed by atoms with Gasteiger partial charge in [-0.25, -0.2) is 8.42 Å². The second-order valence-electron chi connectivity index (χ2n) is 5.72. The number of nitrogens with zero attached hydrogens (tertiary/aromatic N) is 2. The first-order chi connectivity index (χ1) is 12.9. The molecule has 2 aromatic carbocycles. The van der Waals surface area contributed by atoms with Crippen LogP contribution in [0.4, 0.5) is 0 Å². The highest BCUT2D eigenvalue weighted by atomic mass is 35.5. The van der Waals surface area contributed by atoms with Crippen molar-refractivity contribution in [3.8, 4) is 0 Å². The molecule has 0 aliphatic carbocycles. The number of benzene rings is 2. The molecule has 1 amide bonds. The van der Waals surface area contributed by atoms with Crippen LogP contribution in [0.1, 0.15) is 0 Å². The van der Waals surface area contributed by atoms with E-state index in [1.165, 1.54) is 23.5 Å². The van der Waals surface area contributed by atoms with Gasteiger partial charge in [-0.1, -0.05) is 41.1 Å². The van der Waals surface area contributed by atoms with Gasteiger partial charge in [0.25, 0.3) is 5.91 Å². The Morgan fingerprint density at radius 3 is 2.67 bits per heavy atom. The molecule has 0 bridgehead atoms. The average Bonchev–Trinajstić information content (AvgIpc) is 2.96. The molecule has 3 aromatic rings. The molecule has 0 aliphatic heterocycles. The Morgan fingerprint density at radius 2 is 1.96 bits per heavy atom. The maximum Gasteiger partial charge on any atom is 0.263 e. The van der Waals surface area contributed by atoms with Crippen LogP contribution < -0.4 is 4.80 Å². The molecule has 0 saturated heterocycles. The fourth-order valence-corrected chi connectivity index (χ4v) is 5.39. The molecule has 0 spiro atoms. The topological polar surface area (TPSA) is 68.5 Å². The van der Waals surface area contributed by atoms with E-state index in [2.05, 4.69) is 4.99 Å². The van der Waals surface area contributed by atoms with Gasteiger partial charge in [0.05, 0.1) is 15.1 Å². The van der Waals surface area contributed by atoms with E-state index in [4.69, 9.17) is 11.6 Å². The first-order valence-electron chi connectivity index (χ1n) is 8.04. The van der Waals surface area contributed by atoms with Gasteiger partial charge in [0.15, 0.2) is 14.6 Å². The van der Waals surface area contributed by atoms with Crippen molar-refractivity contribution in [2.24, 2.45) is 4.99 Å². The zero-order valence-electron chi connectivity index (χ0n) is 14.5. The monoisotopic (exact) mass is 440 g/mol. The molecule has 3 rings (SSSR count). The normalized spacial score (nSPS) is 12.6. The Kier molecular flexibility index (Phi) is 6.41. The van der Waals surface area contributed by atoms with Crippen molar-refractivity contribution < 1.29 is 13.2 Å². The molecule has 1 aromatic heterocycles. The summed E-state index contributed by atoms with van der Waals surface area (Å²) in [5.41, 5.74) is 0.927. The van der Waals surface area contributed by atoms with Crippen LogP contribution >= 0.6 is 34.7 Å². The predicted octanol–water partition coefficient (Wildman–Crippen LogP) is 3.62. The van der Waals surface area contributed by atoms with E-state index < -0.39 is 21.5 Å². The predicted molar refractivity (Wildman–Crippen MR) is 112 cm³/mol. The van der Waals surface area contributed by atoms with Gasteiger partial charge < -0.3 is 4.57 Å². The fraction of sp³-hybridized carbons (Fsp3) is 0.222. The molecule has 142 valence electrons. The molecule has 0 N–H and O–H groups in total. The van der Waals surface area contributed by atoms with E-state index in [0.717, 1.165) is 16.0 Å². The van der Waals surface area contributed by atoms with E-state index >= 15 is 0 Å². The van der Waals surface area contributed by atoms with Crippen LogP contribution in [-0.4, -0.2) is 36.7 Å². The minimum absolute atomic E-state index is 0.118. The molecular weight excluding hydrogens is 424 g/mol. The van der Waals surface area contributed by atoms with E-state index in [0.29, 0.717) is 16.4 Å². The van der Waals surface area contributed by atoms with Crippen molar-refractivity contribution in [3.63, 3.8) is 0 Å². The van der Waals surface area contributed by atoms with Crippen LogP contribution in [0.2, 0.25) is 5.02 Å². The first-order valence-corrected chi connectivity index (χ1v) is 12.3. The van der Waals surface area contributed by atoms with Gasteiger partial charge in [-0.05, 0) is 36.6 Å². The molecular formula is C18H17ClN2O3S3. The molecule has 5 nitrogen and oxygen atoms in total. The number of aromatic nitrogens is 1. The smallest absolute Gasteiger partial charge is 0.263 e. The van der Waals surface area contributed by atoms with Crippen molar-refractivity contribution in [3.05, 3.63) is 58.4 Å². The Labute approximate surface area is 170 Å². The zero-order valence-corrected chi connectivity index (χ0v) is 17.7. The van der Waals surface area contributed by atoms with Gasteiger partial charge in [0.2, 0.25) is 0 Å². The van der Waals surface area contributed by atoms with Crippen molar-refractivity contribution in [1.82, 2.24) is 4.57 Å². The number of amides is 1. The Bertz CT molecular complexity index is 1140. The van der Waals surface area contributed by atoms with Crippen LogP contribution in [0.15, 0.2) is 58.4 Å². The molecule has 9 heteroatoms. The summed E-state index contributed by atoms with van der Waals surface area (Å²) in [6.45, 7) is 0.667. The summed E-state index contributed by atoms with van der Waals surface area (Å²) >= 11 is 9.07. The third-order valence-corrected chi connectivity index (χ3v) is 7.28. The summed E-state index contributed by atoms with van der Waals surface area (Å²) in [7, 11) is -3.72. The van der Waals surface area contributed by atoms with E-state index in [1.54, 1.807) is 36.0 Å². The summed E-state index contributed by atoms with van der Waals surface area (Å²) in [6, 6.07) is 13.4. The van der Waals surface area contributed by atoms with Crippen LogP contribution in [-0.2, 0) is 21.2 Å². The minimum atomic E-state index is -3.72. The summed E-state index contributed by atoms with van der Waals surface area (Å²) in [5, 5.41) is 0.602. The van der Waals surface area contributed by atoms with Crippen LogP contribution in [0.25, 0.3) is 10.2 Å². The zero-order chi connectivity index (χ0) is 19.4. The number of rotatable bonds is 6. The standard InChI is InChI=1S/C18H17ClN2O3S3/c1-25-10-9-21-15-8-7-13(19)11-16(15)26-18(21)20-17(22)12-27(23,24)14-5-3-2-4-6-14/h2-8,11H,9-10,12H2,1H3. The highest BCUT2D eigenvalue weighted by molar-refractivity contribution is 7.98. The van der Waals surface area contributed by atoms with Gasteiger partial charge in [-0.3, -0.25) is 4.79 Å². The summed E-state index contributed by atoms with van der Waals surface area (Å²) < 4.78 is 27.6. The lowest BCUT2D eigenvalue weighted by molar-refractivity contribution is -0.115. The second kappa shape index (κ2) is 8.60. The number of thiazole rings is 1. The van der Waals surface area contributed by atoms with Crippen LogP contribution in [0, 0.1) is 0 Å². The quantitative estimate of drug-likeness (QED) is 0.587. The first kappa shape index (κ1) is 20.1. The highest BCUT2D eigenvalue weighted by Crippen LogP contribution is 2.22. The van der Waals surface area contributed by atoms with Crippen LogP contribution in [0.5, 0.6) is 0 Å². The van der Waals surface area contributed by atoms with Gasteiger partial charge >= 0.3 is 0 Å². The number of hydrogen-bond acceptors (Lipinski definition) is 5. The van der Waals surface area contributed by atoms with Crippen molar-refractivity contribution >= 4 is 60.7 Å². The number of thioether (sulfide) groups is 1. The maximum absolute atomic E-state index is 12.4. The van der Waals surface area contributed by atoms with Crippen LogP contribution in [0.3, 0.4) is 0 Å². The number of aryl methyl sites for hydroxylation is 1. The number of carbonyl (C=O) groups is 1. The molecule has 0 saturated carbocycles. The summed E-state index contributed by atoms with van der Waals surface area (Å²) in [6.07, 6.45) is 2.00. The lowest BCUT2D eigenvalue weighted by Crippen LogP contribution is -2.21. The van der Waals surface area contributed by atoms with Crippen molar-refractivity contribution in [1.29, 1.82) is 0 Å². The van der Waals surface area contributed by atoms with Gasteiger partial charge in [-0.15, -0.1) is 0 Å².